The highest BCUT2D eigenvalue weighted by molar-refractivity contribution is 5.71. The Kier molecular flexibility index (Phi) is 5.74. The van der Waals surface area contributed by atoms with Crippen LogP contribution in [0.25, 0.3) is 0 Å². The van der Waals surface area contributed by atoms with E-state index in [1.807, 2.05) is 13.0 Å². The molecule has 0 aromatic heterocycles. The van der Waals surface area contributed by atoms with Crippen molar-refractivity contribution in [1.29, 1.82) is 0 Å². The third kappa shape index (κ3) is 7.15. The van der Waals surface area contributed by atoms with E-state index < -0.39 is 0 Å². The molecule has 0 saturated carbocycles. The van der Waals surface area contributed by atoms with Gasteiger partial charge in [-0.1, -0.05) is 26.0 Å². The molecule has 0 unspecified atom stereocenters. The maximum atomic E-state index is 3.99. The predicted molar refractivity (Wildman–Crippen MR) is 47.4 cm³/mol. The minimum absolute atomic E-state index is 0.848. The molecule has 0 fully saturated rings. The van der Waals surface area contributed by atoms with E-state index in [2.05, 4.69) is 24.6 Å². The molecule has 0 aliphatic rings. The minimum atomic E-state index is 0.848. The molecule has 0 bridgehead atoms. The lowest BCUT2D eigenvalue weighted by Gasteiger charge is -1.82. The summed E-state index contributed by atoms with van der Waals surface area (Å²) in [6.45, 7) is 7.67. The van der Waals surface area contributed by atoms with Crippen LogP contribution in [0.5, 0.6) is 0 Å². The third-order valence-corrected chi connectivity index (χ3v) is 0.972. The first-order valence-electron chi connectivity index (χ1n) is 3.62. The molecule has 0 heterocycles. The second-order valence-corrected chi connectivity index (χ2v) is 2.23. The molecule has 0 amide bonds. The SMILES string of the molecule is C=C(C)N=C/C=C\CCC. The first-order valence-corrected chi connectivity index (χ1v) is 3.62. The van der Waals surface area contributed by atoms with Crippen molar-refractivity contribution in [2.24, 2.45) is 4.99 Å². The summed E-state index contributed by atoms with van der Waals surface area (Å²) in [7, 11) is 0. The molecule has 0 rings (SSSR count). The van der Waals surface area contributed by atoms with Gasteiger partial charge in [-0.3, -0.25) is 4.99 Å². The molecule has 0 saturated heterocycles. The van der Waals surface area contributed by atoms with E-state index in [1.165, 1.54) is 6.42 Å². The van der Waals surface area contributed by atoms with E-state index in [0.29, 0.717) is 0 Å². The highest BCUT2D eigenvalue weighted by atomic mass is 14.7. The van der Waals surface area contributed by atoms with Gasteiger partial charge in [0.2, 0.25) is 0 Å². The largest absolute Gasteiger partial charge is 0.262 e. The number of hydrogen-bond donors (Lipinski definition) is 0. The fraction of sp³-hybridized carbons (Fsp3) is 0.444. The van der Waals surface area contributed by atoms with Crippen LogP contribution in [0.3, 0.4) is 0 Å². The van der Waals surface area contributed by atoms with Crippen LogP contribution in [0.4, 0.5) is 0 Å². The lowest BCUT2D eigenvalue weighted by molar-refractivity contribution is 0.960. The number of hydrogen-bond acceptors (Lipinski definition) is 1. The van der Waals surface area contributed by atoms with Crippen molar-refractivity contribution in [3.8, 4) is 0 Å². The van der Waals surface area contributed by atoms with E-state index in [9.17, 15) is 0 Å². The van der Waals surface area contributed by atoms with Gasteiger partial charge in [-0.15, -0.1) is 0 Å². The van der Waals surface area contributed by atoms with Crippen LogP contribution >= 0.6 is 0 Å². The zero-order valence-corrected chi connectivity index (χ0v) is 6.80. The molecule has 1 heteroatoms. The molecule has 0 aliphatic carbocycles. The summed E-state index contributed by atoms with van der Waals surface area (Å²) in [6, 6.07) is 0. The summed E-state index contributed by atoms with van der Waals surface area (Å²) >= 11 is 0. The summed E-state index contributed by atoms with van der Waals surface area (Å²) in [6.07, 6.45) is 8.15. The summed E-state index contributed by atoms with van der Waals surface area (Å²) < 4.78 is 0. The average Bonchev–Trinajstić information content (AvgIpc) is 1.87. The van der Waals surface area contributed by atoms with Crippen molar-refractivity contribution in [1.82, 2.24) is 0 Å². The summed E-state index contributed by atoms with van der Waals surface area (Å²) in [4.78, 5) is 3.99. The van der Waals surface area contributed by atoms with Crippen molar-refractivity contribution in [3.05, 3.63) is 24.4 Å². The van der Waals surface area contributed by atoms with E-state index in [-0.39, 0.29) is 0 Å². The molecule has 0 N–H and O–H groups in total. The fourth-order valence-corrected chi connectivity index (χ4v) is 0.494. The summed E-state index contributed by atoms with van der Waals surface area (Å²) in [5, 5.41) is 0. The molecule has 0 spiro atoms. The van der Waals surface area contributed by atoms with Gasteiger partial charge in [0.05, 0.1) is 0 Å². The molecule has 0 atom stereocenters. The highest BCUT2D eigenvalue weighted by Crippen LogP contribution is 1.88. The van der Waals surface area contributed by atoms with Crippen molar-refractivity contribution in [3.63, 3.8) is 0 Å². The average molecular weight is 137 g/mol. The van der Waals surface area contributed by atoms with E-state index in [0.717, 1.165) is 12.1 Å². The third-order valence-electron chi connectivity index (χ3n) is 0.972. The summed E-state index contributed by atoms with van der Waals surface area (Å²) in [5.74, 6) is 0. The second kappa shape index (κ2) is 6.27. The monoisotopic (exact) mass is 137 g/mol. The van der Waals surface area contributed by atoms with Gasteiger partial charge < -0.3 is 0 Å². The number of aliphatic imine (C=N–C) groups is 1. The van der Waals surface area contributed by atoms with Crippen molar-refractivity contribution >= 4 is 6.21 Å². The molecule has 0 radical (unpaired) electrons. The van der Waals surface area contributed by atoms with E-state index in [1.54, 1.807) is 6.21 Å². The van der Waals surface area contributed by atoms with Crippen molar-refractivity contribution in [2.75, 3.05) is 0 Å². The Morgan fingerprint density at radius 2 is 2.30 bits per heavy atom. The Labute approximate surface area is 63.2 Å². The number of nitrogens with zero attached hydrogens (tertiary/aromatic N) is 1. The van der Waals surface area contributed by atoms with Crippen LogP contribution in [0.1, 0.15) is 26.7 Å². The van der Waals surface area contributed by atoms with Gasteiger partial charge in [0, 0.05) is 11.9 Å². The van der Waals surface area contributed by atoms with E-state index >= 15 is 0 Å². The molecule has 0 aromatic rings. The molecule has 56 valence electrons. The van der Waals surface area contributed by atoms with Gasteiger partial charge in [-0.25, -0.2) is 0 Å². The van der Waals surface area contributed by atoms with Crippen LogP contribution in [0.2, 0.25) is 0 Å². The quantitative estimate of drug-likeness (QED) is 0.528. The molecule has 10 heavy (non-hydrogen) atoms. The lowest BCUT2D eigenvalue weighted by Crippen LogP contribution is -1.67. The highest BCUT2D eigenvalue weighted by Gasteiger charge is 1.71. The van der Waals surface area contributed by atoms with E-state index in [4.69, 9.17) is 0 Å². The van der Waals surface area contributed by atoms with Crippen molar-refractivity contribution < 1.29 is 0 Å². The lowest BCUT2D eigenvalue weighted by atomic mass is 10.3. The molecule has 0 aromatic carbocycles. The Balaban J connectivity index is 3.42. The Bertz CT molecular complexity index is 143. The first-order chi connectivity index (χ1) is 4.77. The Morgan fingerprint density at radius 3 is 2.80 bits per heavy atom. The molecule has 0 aliphatic heterocycles. The Morgan fingerprint density at radius 1 is 1.60 bits per heavy atom. The topological polar surface area (TPSA) is 12.4 Å². The van der Waals surface area contributed by atoms with Crippen LogP contribution in [0.15, 0.2) is 29.4 Å². The number of allylic oxidation sites excluding steroid dienone is 3. The van der Waals surface area contributed by atoms with Gasteiger partial charge in [0.1, 0.15) is 0 Å². The Hall–Kier alpha value is -0.850. The summed E-state index contributed by atoms with van der Waals surface area (Å²) in [5.41, 5.74) is 0.848. The van der Waals surface area contributed by atoms with Gasteiger partial charge in [-0.05, 0) is 19.4 Å². The van der Waals surface area contributed by atoms with Gasteiger partial charge >= 0.3 is 0 Å². The minimum Gasteiger partial charge on any atom is -0.262 e. The standard InChI is InChI=1S/C9H15N/c1-4-5-6-7-8-10-9(2)3/h6-8H,2,4-5H2,1,3H3/b7-6-,10-8?. The fourth-order valence-electron chi connectivity index (χ4n) is 0.494. The zero-order valence-electron chi connectivity index (χ0n) is 6.80. The van der Waals surface area contributed by atoms with Gasteiger partial charge in [-0.2, -0.15) is 0 Å². The van der Waals surface area contributed by atoms with Crippen LogP contribution in [0, 0.1) is 0 Å². The molecular weight excluding hydrogens is 122 g/mol. The van der Waals surface area contributed by atoms with Crippen LogP contribution in [-0.2, 0) is 0 Å². The van der Waals surface area contributed by atoms with Crippen LogP contribution in [-0.4, -0.2) is 6.21 Å². The van der Waals surface area contributed by atoms with Gasteiger partial charge in [0.25, 0.3) is 0 Å². The van der Waals surface area contributed by atoms with Crippen LogP contribution < -0.4 is 0 Å². The molecular formula is C9H15N. The maximum absolute atomic E-state index is 3.99. The zero-order chi connectivity index (χ0) is 7.82. The number of unbranched alkanes of at least 4 members (excludes halogenated alkanes) is 1. The maximum Gasteiger partial charge on any atom is 0.0300 e. The van der Waals surface area contributed by atoms with Crippen molar-refractivity contribution in [2.45, 2.75) is 26.7 Å². The second-order valence-electron chi connectivity index (χ2n) is 2.23. The van der Waals surface area contributed by atoms with Gasteiger partial charge in [0.15, 0.2) is 0 Å². The number of rotatable bonds is 4. The molecule has 1 nitrogen and oxygen atoms in total. The smallest absolute Gasteiger partial charge is 0.0300 e. The normalized spacial score (nSPS) is 11.4. The predicted octanol–water partition coefficient (Wildman–Crippen LogP) is 2.95. The first kappa shape index (κ1) is 9.15.